The first-order valence-corrected chi connectivity index (χ1v) is 5.57. The van der Waals surface area contributed by atoms with Crippen LogP contribution in [-0.2, 0) is 13.0 Å². The first-order chi connectivity index (χ1) is 7.85. The first-order valence-electron chi connectivity index (χ1n) is 5.57. The lowest BCUT2D eigenvalue weighted by molar-refractivity contribution is 1.05. The van der Waals surface area contributed by atoms with Gasteiger partial charge in [-0.2, -0.15) is 0 Å². The molecule has 2 N–H and O–H groups in total. The third-order valence-corrected chi connectivity index (χ3v) is 2.80. The van der Waals surface area contributed by atoms with Crippen LogP contribution in [0.1, 0.15) is 18.1 Å². The van der Waals surface area contributed by atoms with Gasteiger partial charge in [0, 0.05) is 18.9 Å². The molecule has 0 saturated carbocycles. The van der Waals surface area contributed by atoms with Gasteiger partial charge in [-0.05, 0) is 34.7 Å². The molecule has 0 spiro atoms. The minimum Gasteiger partial charge on any atom is -0.326 e. The molecule has 1 aromatic heterocycles. The largest absolute Gasteiger partial charge is 0.326 e. The number of nitrogens with two attached hydrogens (primary N) is 1. The molecule has 0 aliphatic carbocycles. The maximum atomic E-state index is 5.70. The Morgan fingerprint density at radius 1 is 1.12 bits per heavy atom. The Morgan fingerprint density at radius 3 is 2.50 bits per heavy atom. The lowest BCUT2D eigenvalue weighted by Gasteiger charge is -2.07. The summed E-state index contributed by atoms with van der Waals surface area (Å²) in [7, 11) is 0. The summed E-state index contributed by atoms with van der Waals surface area (Å²) >= 11 is 0. The van der Waals surface area contributed by atoms with Crippen LogP contribution in [0.3, 0.4) is 0 Å². The van der Waals surface area contributed by atoms with E-state index in [1.807, 2.05) is 18.5 Å². The number of benzene rings is 1. The third-order valence-electron chi connectivity index (χ3n) is 2.80. The van der Waals surface area contributed by atoms with Crippen LogP contribution in [0.4, 0.5) is 0 Å². The Balaban J connectivity index is 2.42. The molecule has 0 amide bonds. The Labute approximate surface area is 96.1 Å². The highest BCUT2D eigenvalue weighted by atomic mass is 14.6. The van der Waals surface area contributed by atoms with E-state index in [1.54, 1.807) is 0 Å². The van der Waals surface area contributed by atoms with Crippen molar-refractivity contribution in [1.29, 1.82) is 0 Å². The zero-order chi connectivity index (χ0) is 11.4. The van der Waals surface area contributed by atoms with Gasteiger partial charge in [0.1, 0.15) is 0 Å². The number of aryl methyl sites for hydroxylation is 1. The summed E-state index contributed by atoms with van der Waals surface area (Å²) in [4.78, 5) is 4.10. The fraction of sp³-hybridized carbons (Fsp3) is 0.214. The lowest BCUT2D eigenvalue weighted by atomic mass is 10.00. The van der Waals surface area contributed by atoms with Gasteiger partial charge in [-0.1, -0.05) is 31.2 Å². The van der Waals surface area contributed by atoms with Gasteiger partial charge in [0.25, 0.3) is 0 Å². The van der Waals surface area contributed by atoms with Crippen molar-refractivity contribution >= 4 is 0 Å². The highest BCUT2D eigenvalue weighted by molar-refractivity contribution is 5.66. The van der Waals surface area contributed by atoms with Gasteiger partial charge in [-0.25, -0.2) is 0 Å². The van der Waals surface area contributed by atoms with Gasteiger partial charge < -0.3 is 5.73 Å². The molecular weight excluding hydrogens is 196 g/mol. The molecule has 2 rings (SSSR count). The van der Waals surface area contributed by atoms with Crippen LogP contribution < -0.4 is 5.73 Å². The standard InChI is InChI=1S/C14H16N2/c1-2-11-3-5-12(6-4-11)14-7-8-16-10-13(14)9-15/h3-8,10H,2,9,15H2,1H3. The average molecular weight is 212 g/mol. The fourth-order valence-corrected chi connectivity index (χ4v) is 1.79. The number of hydrogen-bond donors (Lipinski definition) is 1. The average Bonchev–Trinajstić information content (AvgIpc) is 2.39. The minimum absolute atomic E-state index is 0.526. The van der Waals surface area contributed by atoms with Crippen LogP contribution in [-0.4, -0.2) is 4.98 Å². The van der Waals surface area contributed by atoms with Crippen LogP contribution in [0, 0.1) is 0 Å². The highest BCUT2D eigenvalue weighted by Crippen LogP contribution is 2.23. The number of pyridine rings is 1. The number of rotatable bonds is 3. The Hall–Kier alpha value is -1.67. The van der Waals surface area contributed by atoms with E-state index in [1.165, 1.54) is 16.7 Å². The van der Waals surface area contributed by atoms with E-state index in [9.17, 15) is 0 Å². The molecule has 16 heavy (non-hydrogen) atoms. The molecule has 0 aliphatic rings. The van der Waals surface area contributed by atoms with Crippen LogP contribution in [0.15, 0.2) is 42.7 Å². The molecule has 2 aromatic rings. The third kappa shape index (κ3) is 2.12. The smallest absolute Gasteiger partial charge is 0.0318 e. The summed E-state index contributed by atoms with van der Waals surface area (Å²) in [5.41, 5.74) is 10.5. The monoisotopic (exact) mass is 212 g/mol. The minimum atomic E-state index is 0.526. The normalized spacial score (nSPS) is 10.4. The summed E-state index contributed by atoms with van der Waals surface area (Å²) < 4.78 is 0. The molecule has 0 atom stereocenters. The van der Waals surface area contributed by atoms with Gasteiger partial charge in [-0.3, -0.25) is 4.98 Å². The summed E-state index contributed by atoms with van der Waals surface area (Å²) in [5.74, 6) is 0. The van der Waals surface area contributed by atoms with Gasteiger partial charge in [0.15, 0.2) is 0 Å². The van der Waals surface area contributed by atoms with E-state index < -0.39 is 0 Å². The summed E-state index contributed by atoms with van der Waals surface area (Å²) in [6, 6.07) is 10.6. The fourth-order valence-electron chi connectivity index (χ4n) is 1.79. The first kappa shape index (κ1) is 10.8. The zero-order valence-corrected chi connectivity index (χ0v) is 9.48. The predicted octanol–water partition coefficient (Wildman–Crippen LogP) is 2.77. The predicted molar refractivity (Wildman–Crippen MR) is 66.9 cm³/mol. The Bertz CT molecular complexity index is 460. The van der Waals surface area contributed by atoms with Crippen LogP contribution in [0.25, 0.3) is 11.1 Å². The topological polar surface area (TPSA) is 38.9 Å². The second-order valence-corrected chi connectivity index (χ2v) is 3.79. The SMILES string of the molecule is CCc1ccc(-c2ccncc2CN)cc1. The van der Waals surface area contributed by atoms with Gasteiger partial charge in [0.05, 0.1) is 0 Å². The van der Waals surface area contributed by atoms with Crippen molar-refractivity contribution < 1.29 is 0 Å². The maximum Gasteiger partial charge on any atom is 0.0318 e. The number of aromatic nitrogens is 1. The highest BCUT2D eigenvalue weighted by Gasteiger charge is 2.03. The van der Waals surface area contributed by atoms with E-state index in [-0.39, 0.29) is 0 Å². The van der Waals surface area contributed by atoms with E-state index in [0.717, 1.165) is 12.0 Å². The molecule has 0 unspecified atom stereocenters. The van der Waals surface area contributed by atoms with Crippen molar-refractivity contribution in [3.05, 3.63) is 53.9 Å². The van der Waals surface area contributed by atoms with Crippen molar-refractivity contribution in [3.8, 4) is 11.1 Å². The van der Waals surface area contributed by atoms with Crippen LogP contribution >= 0.6 is 0 Å². The summed E-state index contributed by atoms with van der Waals surface area (Å²) in [6.45, 7) is 2.69. The number of hydrogen-bond acceptors (Lipinski definition) is 2. The number of nitrogens with zero attached hydrogens (tertiary/aromatic N) is 1. The molecular formula is C14H16N2. The zero-order valence-electron chi connectivity index (χ0n) is 9.48. The van der Waals surface area contributed by atoms with E-state index in [4.69, 9.17) is 5.73 Å². The van der Waals surface area contributed by atoms with Crippen molar-refractivity contribution in [1.82, 2.24) is 4.98 Å². The van der Waals surface area contributed by atoms with Crippen LogP contribution in [0.5, 0.6) is 0 Å². The van der Waals surface area contributed by atoms with Crippen molar-refractivity contribution in [2.24, 2.45) is 5.73 Å². The second-order valence-electron chi connectivity index (χ2n) is 3.79. The van der Waals surface area contributed by atoms with Gasteiger partial charge >= 0.3 is 0 Å². The molecule has 0 radical (unpaired) electrons. The van der Waals surface area contributed by atoms with Crippen molar-refractivity contribution in [2.45, 2.75) is 19.9 Å². The molecule has 2 heteroatoms. The maximum absolute atomic E-state index is 5.70. The molecule has 2 nitrogen and oxygen atoms in total. The summed E-state index contributed by atoms with van der Waals surface area (Å²) in [6.07, 6.45) is 4.71. The molecule has 0 saturated heterocycles. The van der Waals surface area contributed by atoms with Gasteiger partial charge in [0.2, 0.25) is 0 Å². The Kier molecular flexibility index (Phi) is 3.32. The van der Waals surface area contributed by atoms with E-state index in [2.05, 4.69) is 36.2 Å². The molecule has 0 bridgehead atoms. The summed E-state index contributed by atoms with van der Waals surface area (Å²) in [5, 5.41) is 0. The molecule has 1 aromatic carbocycles. The second kappa shape index (κ2) is 4.90. The van der Waals surface area contributed by atoms with E-state index >= 15 is 0 Å². The molecule has 0 fully saturated rings. The molecule has 1 heterocycles. The Morgan fingerprint density at radius 2 is 1.88 bits per heavy atom. The van der Waals surface area contributed by atoms with Crippen molar-refractivity contribution in [3.63, 3.8) is 0 Å². The van der Waals surface area contributed by atoms with Gasteiger partial charge in [-0.15, -0.1) is 0 Å². The lowest BCUT2D eigenvalue weighted by Crippen LogP contribution is -1.99. The van der Waals surface area contributed by atoms with E-state index in [0.29, 0.717) is 6.54 Å². The quantitative estimate of drug-likeness (QED) is 0.849. The molecule has 82 valence electrons. The molecule has 0 aliphatic heterocycles. The van der Waals surface area contributed by atoms with Crippen LogP contribution in [0.2, 0.25) is 0 Å². The van der Waals surface area contributed by atoms with Crippen molar-refractivity contribution in [2.75, 3.05) is 0 Å².